The SMILES string of the molecule is CCN(C(=O)c1cnn2c(C)cc(C)nc12)[C@@H]1CCS(=O)(=O)C1. The summed E-state index contributed by atoms with van der Waals surface area (Å²) in [6.07, 6.45) is 2.01. The summed E-state index contributed by atoms with van der Waals surface area (Å²) in [6, 6.07) is 1.63. The molecule has 3 rings (SSSR count). The smallest absolute Gasteiger partial charge is 0.259 e. The van der Waals surface area contributed by atoms with Gasteiger partial charge < -0.3 is 4.90 Å². The van der Waals surface area contributed by atoms with Crippen molar-refractivity contribution in [2.24, 2.45) is 0 Å². The molecule has 2 aromatic heterocycles. The van der Waals surface area contributed by atoms with Gasteiger partial charge in [0.1, 0.15) is 5.56 Å². The molecule has 1 fully saturated rings. The van der Waals surface area contributed by atoms with E-state index in [0.717, 1.165) is 11.4 Å². The van der Waals surface area contributed by atoms with Gasteiger partial charge in [-0.15, -0.1) is 0 Å². The van der Waals surface area contributed by atoms with E-state index in [9.17, 15) is 13.2 Å². The Morgan fingerprint density at radius 2 is 2.17 bits per heavy atom. The van der Waals surface area contributed by atoms with Crippen molar-refractivity contribution in [2.75, 3.05) is 18.1 Å². The van der Waals surface area contributed by atoms with E-state index in [1.165, 1.54) is 6.20 Å². The highest BCUT2D eigenvalue weighted by Crippen LogP contribution is 2.21. The van der Waals surface area contributed by atoms with Gasteiger partial charge in [0.05, 0.1) is 17.7 Å². The highest BCUT2D eigenvalue weighted by Gasteiger charge is 2.35. The second kappa shape index (κ2) is 5.59. The number of hydrogen-bond donors (Lipinski definition) is 0. The Balaban J connectivity index is 1.99. The van der Waals surface area contributed by atoms with Crippen LogP contribution in [0.1, 0.15) is 35.1 Å². The molecule has 1 atom stereocenters. The molecule has 1 saturated heterocycles. The van der Waals surface area contributed by atoms with Crippen LogP contribution >= 0.6 is 0 Å². The molecule has 0 bridgehead atoms. The Hall–Kier alpha value is -1.96. The molecule has 0 aliphatic carbocycles. The normalized spacial score (nSPS) is 20.0. The standard InChI is InChI=1S/C15H20N4O3S/c1-4-18(12-5-6-23(21,22)9-12)15(20)13-8-16-19-11(3)7-10(2)17-14(13)19/h7-8,12H,4-6,9H2,1-3H3/t12-/m1/s1. The number of fused-ring (bicyclic) bond motifs is 1. The van der Waals surface area contributed by atoms with Gasteiger partial charge in [0, 0.05) is 24.0 Å². The largest absolute Gasteiger partial charge is 0.335 e. The summed E-state index contributed by atoms with van der Waals surface area (Å²) in [5.41, 5.74) is 2.66. The molecule has 124 valence electrons. The minimum atomic E-state index is -3.04. The molecule has 2 aromatic rings. The number of amides is 1. The Kier molecular flexibility index (Phi) is 3.87. The van der Waals surface area contributed by atoms with E-state index in [1.807, 2.05) is 26.8 Å². The number of sulfone groups is 1. The molecule has 7 nitrogen and oxygen atoms in total. The van der Waals surface area contributed by atoms with Crippen LogP contribution in [0.15, 0.2) is 12.3 Å². The summed E-state index contributed by atoms with van der Waals surface area (Å²) in [6.45, 7) is 6.10. The van der Waals surface area contributed by atoms with Gasteiger partial charge in [-0.1, -0.05) is 0 Å². The van der Waals surface area contributed by atoms with E-state index in [0.29, 0.717) is 24.2 Å². The number of carbonyl (C=O) groups excluding carboxylic acids is 1. The van der Waals surface area contributed by atoms with E-state index in [1.54, 1.807) is 9.42 Å². The first-order valence-corrected chi connectivity index (χ1v) is 9.48. The first-order chi connectivity index (χ1) is 10.8. The molecular weight excluding hydrogens is 316 g/mol. The Labute approximate surface area is 135 Å². The summed E-state index contributed by atoms with van der Waals surface area (Å²) in [4.78, 5) is 19.0. The average Bonchev–Trinajstić information content (AvgIpc) is 3.03. The van der Waals surface area contributed by atoms with E-state index >= 15 is 0 Å². The van der Waals surface area contributed by atoms with E-state index in [2.05, 4.69) is 10.1 Å². The fraction of sp³-hybridized carbons (Fsp3) is 0.533. The van der Waals surface area contributed by atoms with Crippen molar-refractivity contribution < 1.29 is 13.2 Å². The molecule has 1 amide bonds. The lowest BCUT2D eigenvalue weighted by atomic mass is 10.2. The van der Waals surface area contributed by atoms with Gasteiger partial charge in [0.15, 0.2) is 15.5 Å². The maximum atomic E-state index is 12.9. The van der Waals surface area contributed by atoms with Crippen LogP contribution < -0.4 is 0 Å². The second-order valence-electron chi connectivity index (χ2n) is 5.98. The van der Waals surface area contributed by atoms with Crippen LogP contribution in [0.25, 0.3) is 5.65 Å². The minimum Gasteiger partial charge on any atom is -0.335 e. The number of nitrogens with zero attached hydrogens (tertiary/aromatic N) is 4. The summed E-state index contributed by atoms with van der Waals surface area (Å²) < 4.78 is 25.0. The second-order valence-corrected chi connectivity index (χ2v) is 8.21. The maximum absolute atomic E-state index is 12.9. The van der Waals surface area contributed by atoms with Crippen LogP contribution in [-0.2, 0) is 9.84 Å². The van der Waals surface area contributed by atoms with Gasteiger partial charge in [0.2, 0.25) is 0 Å². The van der Waals surface area contributed by atoms with Crippen LogP contribution in [0.2, 0.25) is 0 Å². The predicted octanol–water partition coefficient (Wildman–Crippen LogP) is 0.995. The summed E-state index contributed by atoms with van der Waals surface area (Å²) in [5, 5.41) is 4.24. The molecular formula is C15H20N4O3S. The first-order valence-electron chi connectivity index (χ1n) is 7.66. The van der Waals surface area contributed by atoms with E-state index in [-0.39, 0.29) is 23.5 Å². The molecule has 0 unspecified atom stereocenters. The van der Waals surface area contributed by atoms with Crippen LogP contribution in [0, 0.1) is 13.8 Å². The quantitative estimate of drug-likeness (QED) is 0.835. The average molecular weight is 336 g/mol. The van der Waals surface area contributed by atoms with Gasteiger partial charge in [-0.05, 0) is 33.3 Å². The van der Waals surface area contributed by atoms with Crippen LogP contribution in [0.4, 0.5) is 0 Å². The zero-order chi connectivity index (χ0) is 16.8. The van der Waals surface area contributed by atoms with E-state index < -0.39 is 9.84 Å². The molecule has 1 aliphatic rings. The first kappa shape index (κ1) is 15.9. The monoisotopic (exact) mass is 336 g/mol. The molecule has 0 saturated carbocycles. The predicted molar refractivity (Wildman–Crippen MR) is 86.2 cm³/mol. The topological polar surface area (TPSA) is 84.6 Å². The Morgan fingerprint density at radius 3 is 2.78 bits per heavy atom. The number of aryl methyl sites for hydroxylation is 2. The summed E-state index contributed by atoms with van der Waals surface area (Å²) in [5.74, 6) is -0.0219. The highest BCUT2D eigenvalue weighted by atomic mass is 32.2. The Bertz CT molecular complexity index is 872. The van der Waals surface area contributed by atoms with Gasteiger partial charge in [0.25, 0.3) is 5.91 Å². The lowest BCUT2D eigenvalue weighted by Gasteiger charge is -2.26. The third-order valence-electron chi connectivity index (χ3n) is 4.26. The molecule has 8 heteroatoms. The van der Waals surface area contributed by atoms with Crippen molar-refractivity contribution in [3.8, 4) is 0 Å². The zero-order valence-corrected chi connectivity index (χ0v) is 14.3. The van der Waals surface area contributed by atoms with Crippen molar-refractivity contribution in [2.45, 2.75) is 33.2 Å². The van der Waals surface area contributed by atoms with Crippen molar-refractivity contribution in [3.63, 3.8) is 0 Å². The number of aromatic nitrogens is 3. The third-order valence-corrected chi connectivity index (χ3v) is 6.01. The van der Waals surface area contributed by atoms with Crippen molar-refractivity contribution >= 4 is 21.4 Å². The van der Waals surface area contributed by atoms with Gasteiger partial charge in [-0.2, -0.15) is 5.10 Å². The fourth-order valence-corrected chi connectivity index (χ4v) is 4.90. The summed E-state index contributed by atoms with van der Waals surface area (Å²) in [7, 11) is -3.04. The maximum Gasteiger partial charge on any atom is 0.259 e. The third kappa shape index (κ3) is 2.83. The molecule has 0 spiro atoms. The number of hydrogen-bond acceptors (Lipinski definition) is 5. The minimum absolute atomic E-state index is 0.0390. The molecule has 23 heavy (non-hydrogen) atoms. The molecule has 0 aromatic carbocycles. The summed E-state index contributed by atoms with van der Waals surface area (Å²) >= 11 is 0. The number of carbonyl (C=O) groups is 1. The highest BCUT2D eigenvalue weighted by molar-refractivity contribution is 7.91. The van der Waals surface area contributed by atoms with Crippen LogP contribution in [0.5, 0.6) is 0 Å². The van der Waals surface area contributed by atoms with Gasteiger partial charge in [-0.3, -0.25) is 4.79 Å². The van der Waals surface area contributed by atoms with Crippen molar-refractivity contribution in [1.29, 1.82) is 0 Å². The molecule has 1 aliphatic heterocycles. The van der Waals surface area contributed by atoms with E-state index in [4.69, 9.17) is 0 Å². The van der Waals surface area contributed by atoms with Gasteiger partial charge in [-0.25, -0.2) is 17.9 Å². The zero-order valence-electron chi connectivity index (χ0n) is 13.5. The van der Waals surface area contributed by atoms with Crippen LogP contribution in [0.3, 0.4) is 0 Å². The Morgan fingerprint density at radius 1 is 1.43 bits per heavy atom. The van der Waals surface area contributed by atoms with Crippen molar-refractivity contribution in [3.05, 3.63) is 29.2 Å². The van der Waals surface area contributed by atoms with Crippen LogP contribution in [-0.4, -0.2) is 57.9 Å². The fourth-order valence-electron chi connectivity index (χ4n) is 3.16. The molecule has 0 radical (unpaired) electrons. The lowest BCUT2D eigenvalue weighted by molar-refractivity contribution is 0.0710. The molecule has 3 heterocycles. The molecule has 0 N–H and O–H groups in total. The van der Waals surface area contributed by atoms with Gasteiger partial charge >= 0.3 is 0 Å². The van der Waals surface area contributed by atoms with Crippen molar-refractivity contribution in [1.82, 2.24) is 19.5 Å². The lowest BCUT2D eigenvalue weighted by Crippen LogP contribution is -2.41. The number of rotatable bonds is 3.